The molecule has 40 heavy (non-hydrogen) atoms. The molecule has 6 rings (SSSR count). The van der Waals surface area contributed by atoms with E-state index in [0.717, 1.165) is 11.4 Å². The van der Waals surface area contributed by atoms with Crippen molar-refractivity contribution >= 4 is 17.4 Å². The zero-order chi connectivity index (χ0) is 27.5. The van der Waals surface area contributed by atoms with Crippen molar-refractivity contribution in [2.45, 2.75) is 24.3 Å². The van der Waals surface area contributed by atoms with E-state index in [2.05, 4.69) is 26.2 Å². The van der Waals surface area contributed by atoms with Gasteiger partial charge in [-0.2, -0.15) is 4.68 Å². The Balaban J connectivity index is 1.05. The summed E-state index contributed by atoms with van der Waals surface area (Å²) in [6, 6.07) is 23.5. The first-order valence-corrected chi connectivity index (χ1v) is 12.9. The van der Waals surface area contributed by atoms with E-state index in [4.69, 9.17) is 18.9 Å². The highest BCUT2D eigenvalue weighted by molar-refractivity contribution is 5.89. The Morgan fingerprint density at radius 3 is 2.45 bits per heavy atom. The molecule has 2 aliphatic rings. The van der Waals surface area contributed by atoms with Gasteiger partial charge in [-0.3, -0.25) is 0 Å². The predicted octanol–water partition coefficient (Wildman–Crippen LogP) is 3.85. The summed E-state index contributed by atoms with van der Waals surface area (Å²) in [4.78, 5) is 14.7. The summed E-state index contributed by atoms with van der Waals surface area (Å²) in [5.41, 5.74) is 1.62. The van der Waals surface area contributed by atoms with E-state index >= 15 is 0 Å². The van der Waals surface area contributed by atoms with Crippen molar-refractivity contribution in [3.8, 4) is 23.3 Å². The first-order valence-electron chi connectivity index (χ1n) is 12.9. The van der Waals surface area contributed by atoms with Crippen LogP contribution in [0, 0.1) is 0 Å². The van der Waals surface area contributed by atoms with Gasteiger partial charge in [0.25, 0.3) is 0 Å². The number of anilines is 2. The van der Waals surface area contributed by atoms with E-state index in [1.54, 1.807) is 28.9 Å². The van der Waals surface area contributed by atoms with Gasteiger partial charge in [0.2, 0.25) is 0 Å². The lowest BCUT2D eigenvalue weighted by atomic mass is 10.1. The molecule has 2 aliphatic heterocycles. The van der Waals surface area contributed by atoms with Crippen LogP contribution in [0.2, 0.25) is 0 Å². The summed E-state index contributed by atoms with van der Waals surface area (Å²) >= 11 is 0. The quantitative estimate of drug-likeness (QED) is 0.341. The van der Waals surface area contributed by atoms with E-state index in [9.17, 15) is 4.79 Å². The van der Waals surface area contributed by atoms with Gasteiger partial charge in [-0.15, -0.1) is 0 Å². The molecule has 0 aliphatic carbocycles. The smallest absolute Gasteiger partial charge is 0.341 e. The number of urea groups is 1. The van der Waals surface area contributed by atoms with Crippen LogP contribution in [0.1, 0.15) is 6.04 Å². The zero-order valence-corrected chi connectivity index (χ0v) is 22.0. The molecular weight excluding hydrogens is 514 g/mol. The summed E-state index contributed by atoms with van der Waals surface area (Å²) < 4.78 is 25.5. The monoisotopic (exact) mass is 543 g/mol. The van der Waals surface area contributed by atoms with Gasteiger partial charge < -0.3 is 34.5 Å². The van der Waals surface area contributed by atoms with Crippen molar-refractivity contribution < 1.29 is 23.7 Å². The number of tetrazole rings is 1. The molecule has 2 amide bonds. The van der Waals surface area contributed by atoms with Crippen molar-refractivity contribution in [3.63, 3.8) is 0 Å². The minimum Gasteiger partial charge on any atom is -0.457 e. The van der Waals surface area contributed by atoms with Gasteiger partial charge in [0.15, 0.2) is 0 Å². The first-order chi connectivity index (χ1) is 19.5. The third kappa shape index (κ3) is 5.53. The van der Waals surface area contributed by atoms with Crippen LogP contribution in [0.5, 0.6) is 23.3 Å². The van der Waals surface area contributed by atoms with E-state index in [-0.39, 0.29) is 36.3 Å². The second-order valence-corrected chi connectivity index (χ2v) is 9.71. The average molecular weight is 544 g/mol. The standard InChI is InChI=1S/C28H29N7O5/c1-34(2)19-7-6-10-22(15-19)40-28-31-32-33-35(28)24-17-38-25-23(16-37-26(24)25)30-27(36)29-18-11-13-21(14-12-18)39-20-8-4-3-5-9-20/h3-15,23-26H,16-17H2,1-2H3,(H2,29,30,36). The van der Waals surface area contributed by atoms with Gasteiger partial charge in [-0.25, -0.2) is 4.79 Å². The Hall–Kier alpha value is -4.68. The van der Waals surface area contributed by atoms with Crippen LogP contribution in [0.4, 0.5) is 16.2 Å². The van der Waals surface area contributed by atoms with Crippen molar-refractivity contribution in [1.82, 2.24) is 25.5 Å². The molecule has 3 heterocycles. The molecule has 4 aromatic rings. The molecular formula is C28H29N7O5. The summed E-state index contributed by atoms with van der Waals surface area (Å²) in [6.07, 6.45) is -0.704. The number of fused-ring (bicyclic) bond motifs is 1. The number of nitrogens with one attached hydrogen (secondary N) is 2. The molecule has 4 unspecified atom stereocenters. The number of aromatic nitrogens is 4. The molecule has 0 saturated carbocycles. The van der Waals surface area contributed by atoms with Crippen LogP contribution in [-0.4, -0.2) is 71.8 Å². The summed E-state index contributed by atoms with van der Waals surface area (Å²) in [5, 5.41) is 17.8. The SMILES string of the molecule is CN(C)c1cccc(Oc2nnnn2C2COC3C(NC(=O)Nc4ccc(Oc5ccccc5)cc4)COC32)c1. The van der Waals surface area contributed by atoms with Gasteiger partial charge in [-0.05, 0) is 59.0 Å². The number of carbonyl (C=O) groups is 1. The van der Waals surface area contributed by atoms with Crippen LogP contribution in [0.15, 0.2) is 78.9 Å². The number of hydrogen-bond acceptors (Lipinski definition) is 9. The Bertz CT molecular complexity index is 1450. The second kappa shape index (κ2) is 11.2. The highest BCUT2D eigenvalue weighted by Crippen LogP contribution is 2.36. The molecule has 0 spiro atoms. The largest absolute Gasteiger partial charge is 0.457 e. The fourth-order valence-electron chi connectivity index (χ4n) is 4.77. The lowest BCUT2D eigenvalue weighted by Gasteiger charge is -2.18. The number of nitrogens with zero attached hydrogens (tertiary/aromatic N) is 5. The van der Waals surface area contributed by atoms with Crippen LogP contribution < -0.4 is 25.0 Å². The number of para-hydroxylation sites is 1. The van der Waals surface area contributed by atoms with Crippen molar-refractivity contribution in [3.05, 3.63) is 78.9 Å². The molecule has 0 bridgehead atoms. The van der Waals surface area contributed by atoms with Crippen LogP contribution >= 0.6 is 0 Å². The van der Waals surface area contributed by atoms with Crippen LogP contribution in [-0.2, 0) is 9.47 Å². The van der Waals surface area contributed by atoms with Gasteiger partial charge in [0.05, 0.1) is 19.3 Å². The first kappa shape index (κ1) is 25.6. The normalized spacial score (nSPS) is 21.4. The molecule has 2 saturated heterocycles. The molecule has 12 heteroatoms. The predicted molar refractivity (Wildman–Crippen MR) is 146 cm³/mol. The maximum Gasteiger partial charge on any atom is 0.341 e. The second-order valence-electron chi connectivity index (χ2n) is 9.71. The summed E-state index contributed by atoms with van der Waals surface area (Å²) in [7, 11) is 3.91. The molecule has 0 radical (unpaired) electrons. The topological polar surface area (TPSA) is 125 Å². The molecule has 3 aromatic carbocycles. The number of benzene rings is 3. The van der Waals surface area contributed by atoms with E-state index in [0.29, 0.717) is 30.4 Å². The fraction of sp³-hybridized carbons (Fsp3) is 0.286. The van der Waals surface area contributed by atoms with Gasteiger partial charge in [-0.1, -0.05) is 29.4 Å². The van der Waals surface area contributed by atoms with Crippen molar-refractivity contribution in [2.75, 3.05) is 37.5 Å². The Morgan fingerprint density at radius 2 is 1.65 bits per heavy atom. The highest BCUT2D eigenvalue weighted by Gasteiger charge is 2.50. The minimum atomic E-state index is -0.356. The lowest BCUT2D eigenvalue weighted by molar-refractivity contribution is 0.0613. The third-order valence-corrected chi connectivity index (χ3v) is 6.75. The average Bonchev–Trinajstić information content (AvgIpc) is 3.68. The van der Waals surface area contributed by atoms with Gasteiger partial charge in [0, 0.05) is 31.5 Å². The minimum absolute atomic E-state index is 0.239. The Morgan fingerprint density at radius 1 is 0.900 bits per heavy atom. The zero-order valence-electron chi connectivity index (χ0n) is 22.0. The summed E-state index contributed by atoms with van der Waals surface area (Å²) in [5.74, 6) is 2.03. The number of ether oxygens (including phenoxy) is 4. The third-order valence-electron chi connectivity index (χ3n) is 6.75. The number of rotatable bonds is 8. The Labute approximate surface area is 230 Å². The van der Waals surface area contributed by atoms with Crippen LogP contribution in [0.25, 0.3) is 0 Å². The molecule has 2 fully saturated rings. The Kier molecular flexibility index (Phi) is 7.17. The maximum atomic E-state index is 12.8. The van der Waals surface area contributed by atoms with E-state index < -0.39 is 0 Å². The fourth-order valence-corrected chi connectivity index (χ4v) is 4.77. The van der Waals surface area contributed by atoms with Crippen molar-refractivity contribution in [2.24, 2.45) is 0 Å². The number of hydrogen-bond donors (Lipinski definition) is 2. The molecule has 206 valence electrons. The van der Waals surface area contributed by atoms with E-state index in [1.165, 1.54) is 0 Å². The highest BCUT2D eigenvalue weighted by atomic mass is 16.6. The van der Waals surface area contributed by atoms with Gasteiger partial charge in [0.1, 0.15) is 35.5 Å². The summed E-state index contributed by atoms with van der Waals surface area (Å²) in [6.45, 7) is 0.615. The number of amides is 2. The molecule has 4 atom stereocenters. The lowest BCUT2D eigenvalue weighted by Crippen LogP contribution is -2.45. The van der Waals surface area contributed by atoms with Gasteiger partial charge >= 0.3 is 12.0 Å². The maximum absolute atomic E-state index is 12.8. The molecule has 2 N–H and O–H groups in total. The van der Waals surface area contributed by atoms with E-state index in [1.807, 2.05) is 73.6 Å². The molecule has 12 nitrogen and oxygen atoms in total. The van der Waals surface area contributed by atoms with Crippen molar-refractivity contribution in [1.29, 1.82) is 0 Å². The van der Waals surface area contributed by atoms with Crippen LogP contribution in [0.3, 0.4) is 0 Å². The molecule has 1 aromatic heterocycles. The number of carbonyl (C=O) groups excluding carboxylic acids is 1.